The van der Waals surface area contributed by atoms with Gasteiger partial charge in [0.25, 0.3) is 0 Å². The zero-order valence-electron chi connectivity index (χ0n) is 11.6. The highest BCUT2D eigenvalue weighted by Gasteiger charge is 2.09. The van der Waals surface area contributed by atoms with Crippen LogP contribution in [-0.2, 0) is 13.2 Å². The highest BCUT2D eigenvalue weighted by atomic mass is 35.5. The molecule has 0 spiro atoms. The average Bonchev–Trinajstić information content (AvgIpc) is 2.42. The van der Waals surface area contributed by atoms with Crippen molar-refractivity contribution in [3.05, 3.63) is 58.6 Å². The fraction of sp³-hybridized carbons (Fsp3) is 0.250. The van der Waals surface area contributed by atoms with Crippen LogP contribution < -0.4 is 0 Å². The summed E-state index contributed by atoms with van der Waals surface area (Å²) in [4.78, 5) is 4.37. The van der Waals surface area contributed by atoms with Gasteiger partial charge in [-0.3, -0.25) is 0 Å². The van der Waals surface area contributed by atoms with Crippen LogP contribution in [0.1, 0.15) is 11.1 Å². The molecule has 0 saturated carbocycles. The molecule has 0 aliphatic heterocycles. The van der Waals surface area contributed by atoms with Gasteiger partial charge in [-0.25, -0.2) is 0 Å². The molecular weight excluding hydrogens is 290 g/mol. The Balaban J connectivity index is 2.33. The van der Waals surface area contributed by atoms with Gasteiger partial charge in [0, 0.05) is 21.4 Å². The third kappa shape index (κ3) is 4.00. The van der Waals surface area contributed by atoms with Crippen molar-refractivity contribution < 1.29 is 5.11 Å². The number of aliphatic hydroxyl groups is 1. The van der Waals surface area contributed by atoms with Crippen LogP contribution in [0.2, 0.25) is 5.02 Å². The summed E-state index contributed by atoms with van der Waals surface area (Å²) in [5.74, 6) is 0. The molecule has 0 aliphatic carbocycles. The van der Waals surface area contributed by atoms with Crippen LogP contribution in [0.4, 0.5) is 0 Å². The summed E-state index contributed by atoms with van der Waals surface area (Å²) in [6.45, 7) is 0.893. The molecule has 0 heterocycles. The second-order valence-corrected chi connectivity index (χ2v) is 6.38. The Labute approximate surface area is 129 Å². The standard InChI is InChI=1S/C16H18ClNOS/c1-18(2)10-13-9-14(17)7-8-16(13)20-15-6-4-3-5-12(15)11-19/h3-9,19H,10-11H2,1-2H3. The monoisotopic (exact) mass is 307 g/mol. The van der Waals surface area contributed by atoms with Crippen molar-refractivity contribution in [1.82, 2.24) is 4.90 Å². The fourth-order valence-electron chi connectivity index (χ4n) is 1.96. The molecule has 0 aromatic heterocycles. The molecule has 2 rings (SSSR count). The Morgan fingerprint density at radius 2 is 1.75 bits per heavy atom. The van der Waals surface area contributed by atoms with Crippen molar-refractivity contribution >= 4 is 23.4 Å². The Kier molecular flexibility index (Phi) is 5.49. The van der Waals surface area contributed by atoms with Gasteiger partial charge in [0.05, 0.1) is 6.61 Å². The van der Waals surface area contributed by atoms with Crippen LogP contribution in [0.15, 0.2) is 52.3 Å². The van der Waals surface area contributed by atoms with E-state index in [9.17, 15) is 5.11 Å². The summed E-state index contributed by atoms with van der Waals surface area (Å²) in [6, 6.07) is 13.9. The summed E-state index contributed by atoms with van der Waals surface area (Å²) in [7, 11) is 4.08. The Morgan fingerprint density at radius 1 is 1.05 bits per heavy atom. The molecule has 0 fully saturated rings. The number of hydrogen-bond donors (Lipinski definition) is 1. The number of nitrogens with zero attached hydrogens (tertiary/aromatic N) is 1. The minimum atomic E-state index is 0.0553. The van der Waals surface area contributed by atoms with Gasteiger partial charge in [-0.05, 0) is 49.5 Å². The first-order chi connectivity index (χ1) is 9.60. The first-order valence-electron chi connectivity index (χ1n) is 6.40. The summed E-state index contributed by atoms with van der Waals surface area (Å²) in [5.41, 5.74) is 2.14. The molecule has 0 atom stereocenters. The molecule has 0 aliphatic rings. The van der Waals surface area contributed by atoms with Crippen molar-refractivity contribution in [1.29, 1.82) is 0 Å². The predicted molar refractivity (Wildman–Crippen MR) is 85.3 cm³/mol. The van der Waals surface area contributed by atoms with Crippen LogP contribution in [0.25, 0.3) is 0 Å². The van der Waals surface area contributed by atoms with Crippen LogP contribution in [0.5, 0.6) is 0 Å². The second kappa shape index (κ2) is 7.14. The lowest BCUT2D eigenvalue weighted by Gasteiger charge is -2.15. The maximum Gasteiger partial charge on any atom is 0.0692 e. The van der Waals surface area contributed by atoms with Crippen molar-refractivity contribution in [2.24, 2.45) is 0 Å². The Hall–Kier alpha value is -1.00. The van der Waals surface area contributed by atoms with Crippen molar-refractivity contribution in [3.63, 3.8) is 0 Å². The Bertz CT molecular complexity index is 586. The SMILES string of the molecule is CN(C)Cc1cc(Cl)ccc1Sc1ccccc1CO. The summed E-state index contributed by atoms with van der Waals surface area (Å²) >= 11 is 7.76. The molecule has 1 N–H and O–H groups in total. The highest BCUT2D eigenvalue weighted by Crippen LogP contribution is 2.34. The van der Waals surface area contributed by atoms with Crippen molar-refractivity contribution in [3.8, 4) is 0 Å². The molecule has 2 aromatic rings. The molecule has 0 saturated heterocycles. The minimum absolute atomic E-state index is 0.0553. The molecule has 106 valence electrons. The van der Waals surface area contributed by atoms with E-state index in [0.29, 0.717) is 0 Å². The minimum Gasteiger partial charge on any atom is -0.392 e. The van der Waals surface area contributed by atoms with Gasteiger partial charge in [-0.15, -0.1) is 0 Å². The second-order valence-electron chi connectivity index (χ2n) is 4.86. The topological polar surface area (TPSA) is 23.5 Å². The van der Waals surface area contributed by atoms with E-state index in [1.807, 2.05) is 56.6 Å². The molecule has 0 radical (unpaired) electrons. The van der Waals surface area contributed by atoms with E-state index in [4.69, 9.17) is 11.6 Å². The van der Waals surface area contributed by atoms with Crippen LogP contribution in [0, 0.1) is 0 Å². The van der Waals surface area contributed by atoms with Gasteiger partial charge in [-0.2, -0.15) is 0 Å². The normalized spacial score (nSPS) is 11.1. The first-order valence-corrected chi connectivity index (χ1v) is 7.59. The quantitative estimate of drug-likeness (QED) is 0.901. The number of rotatable bonds is 5. The molecule has 2 aromatic carbocycles. The van der Waals surface area contributed by atoms with E-state index in [2.05, 4.69) is 4.90 Å². The molecular formula is C16H18ClNOS. The lowest BCUT2D eigenvalue weighted by molar-refractivity contribution is 0.279. The average molecular weight is 308 g/mol. The fourth-order valence-corrected chi connectivity index (χ4v) is 3.20. The predicted octanol–water partition coefficient (Wildman–Crippen LogP) is 4.05. The van der Waals surface area contributed by atoms with Gasteiger partial charge in [0.2, 0.25) is 0 Å². The number of halogens is 1. The van der Waals surface area contributed by atoms with E-state index >= 15 is 0 Å². The van der Waals surface area contributed by atoms with E-state index in [0.717, 1.165) is 22.0 Å². The zero-order valence-corrected chi connectivity index (χ0v) is 13.2. The third-order valence-corrected chi connectivity index (χ3v) is 4.34. The van der Waals surface area contributed by atoms with Gasteiger partial charge in [-0.1, -0.05) is 41.6 Å². The maximum atomic E-state index is 9.41. The maximum absolute atomic E-state index is 9.41. The van der Waals surface area contributed by atoms with Gasteiger partial charge in [0.1, 0.15) is 0 Å². The molecule has 4 heteroatoms. The van der Waals surface area contributed by atoms with Gasteiger partial charge < -0.3 is 10.0 Å². The largest absolute Gasteiger partial charge is 0.392 e. The summed E-state index contributed by atoms with van der Waals surface area (Å²) < 4.78 is 0. The van der Waals surface area contributed by atoms with Crippen molar-refractivity contribution in [2.45, 2.75) is 22.9 Å². The van der Waals surface area contributed by atoms with E-state index in [1.165, 1.54) is 10.5 Å². The number of benzene rings is 2. The lowest BCUT2D eigenvalue weighted by Crippen LogP contribution is -2.11. The van der Waals surface area contributed by atoms with Crippen LogP contribution >= 0.6 is 23.4 Å². The third-order valence-electron chi connectivity index (χ3n) is 2.87. The molecule has 0 amide bonds. The van der Waals surface area contributed by atoms with E-state index in [1.54, 1.807) is 11.8 Å². The van der Waals surface area contributed by atoms with Crippen molar-refractivity contribution in [2.75, 3.05) is 14.1 Å². The van der Waals surface area contributed by atoms with E-state index in [-0.39, 0.29) is 6.61 Å². The number of aliphatic hydroxyl groups excluding tert-OH is 1. The first kappa shape index (κ1) is 15.4. The van der Waals surface area contributed by atoms with Gasteiger partial charge in [0.15, 0.2) is 0 Å². The van der Waals surface area contributed by atoms with Crippen LogP contribution in [-0.4, -0.2) is 24.1 Å². The van der Waals surface area contributed by atoms with Crippen LogP contribution in [0.3, 0.4) is 0 Å². The van der Waals surface area contributed by atoms with Gasteiger partial charge >= 0.3 is 0 Å². The summed E-state index contributed by atoms with van der Waals surface area (Å²) in [6.07, 6.45) is 0. The smallest absolute Gasteiger partial charge is 0.0692 e. The molecule has 20 heavy (non-hydrogen) atoms. The molecule has 0 unspecified atom stereocenters. The van der Waals surface area contributed by atoms with E-state index < -0.39 is 0 Å². The lowest BCUT2D eigenvalue weighted by atomic mass is 10.2. The Morgan fingerprint density at radius 3 is 2.45 bits per heavy atom. The zero-order chi connectivity index (χ0) is 14.5. The molecule has 2 nitrogen and oxygen atoms in total. The summed E-state index contributed by atoms with van der Waals surface area (Å²) in [5, 5.41) is 10.2. The highest BCUT2D eigenvalue weighted by molar-refractivity contribution is 7.99. The number of hydrogen-bond acceptors (Lipinski definition) is 3. The molecule has 0 bridgehead atoms.